The van der Waals surface area contributed by atoms with Gasteiger partial charge in [-0.25, -0.2) is 8.78 Å². The molecule has 0 aliphatic heterocycles. The Bertz CT molecular complexity index is 1210. The van der Waals surface area contributed by atoms with Gasteiger partial charge < -0.3 is 31.9 Å². The summed E-state index contributed by atoms with van der Waals surface area (Å²) in [5, 5.41) is 16.8. The van der Waals surface area contributed by atoms with Crippen LogP contribution in [0.5, 0.6) is 5.75 Å². The molecule has 198 valence electrons. The van der Waals surface area contributed by atoms with E-state index in [2.05, 4.69) is 23.6 Å². The minimum Gasteiger partial charge on any atom is -0.482 e. The van der Waals surface area contributed by atoms with Crippen molar-refractivity contribution in [2.45, 2.75) is 38.5 Å². The highest BCUT2D eigenvalue weighted by Gasteiger charge is 2.23. The third-order valence-electron chi connectivity index (χ3n) is 5.81. The van der Waals surface area contributed by atoms with Crippen molar-refractivity contribution in [3.8, 4) is 5.75 Å². The summed E-state index contributed by atoms with van der Waals surface area (Å²) in [5.74, 6) is -1.89. The zero-order valence-corrected chi connectivity index (χ0v) is 21.2. The lowest BCUT2D eigenvalue weighted by atomic mass is 10.0. The minimum atomic E-state index is -1.07. The van der Waals surface area contributed by atoms with E-state index in [-0.39, 0.29) is 40.7 Å². The van der Waals surface area contributed by atoms with Crippen molar-refractivity contribution in [2.75, 3.05) is 24.6 Å². The number of aryl methyl sites for hydroxylation is 1. The van der Waals surface area contributed by atoms with E-state index in [0.29, 0.717) is 6.54 Å². The number of nitrogens with one attached hydrogen (secondary N) is 2. The fraction of sp³-hybridized carbons (Fsp3) is 0.296. The number of benzene rings is 3. The van der Waals surface area contributed by atoms with Crippen LogP contribution in [0, 0.1) is 11.6 Å². The Morgan fingerprint density at radius 1 is 1.05 bits per heavy atom. The summed E-state index contributed by atoms with van der Waals surface area (Å²) in [6.45, 7) is 2.26. The minimum absolute atomic E-state index is 0.00976. The number of aliphatic hydroxyl groups excluding tert-OH is 1. The highest BCUT2D eigenvalue weighted by Crippen LogP contribution is 2.34. The number of amides is 1. The van der Waals surface area contributed by atoms with E-state index < -0.39 is 36.3 Å². The molecule has 1 amide bonds. The van der Waals surface area contributed by atoms with Gasteiger partial charge in [0.1, 0.15) is 22.4 Å². The number of hydrogen-bond acceptors (Lipinski definition) is 6. The first kappa shape index (κ1) is 28.2. The van der Waals surface area contributed by atoms with Gasteiger partial charge in [-0.15, -0.1) is 0 Å². The molecule has 0 unspecified atom stereocenters. The van der Waals surface area contributed by atoms with Gasteiger partial charge in [-0.05, 0) is 53.8 Å². The molecule has 0 aromatic heterocycles. The largest absolute Gasteiger partial charge is 0.482 e. The van der Waals surface area contributed by atoms with Crippen LogP contribution in [0.4, 0.5) is 20.2 Å². The molecule has 3 aromatic rings. The molecule has 0 radical (unpaired) electrons. The molecule has 0 heterocycles. The van der Waals surface area contributed by atoms with Gasteiger partial charge in [0.15, 0.2) is 6.61 Å². The van der Waals surface area contributed by atoms with E-state index in [1.807, 2.05) is 18.2 Å². The van der Waals surface area contributed by atoms with Gasteiger partial charge in [0.2, 0.25) is 0 Å². The Morgan fingerprint density at radius 2 is 1.76 bits per heavy atom. The molecule has 0 aliphatic carbocycles. The Kier molecular flexibility index (Phi) is 10.1. The van der Waals surface area contributed by atoms with Gasteiger partial charge in [-0.1, -0.05) is 42.8 Å². The number of anilines is 2. The average molecular weight is 533 g/mol. The highest BCUT2D eigenvalue weighted by molar-refractivity contribution is 6.35. The number of ether oxygens (including phenoxy) is 1. The molecule has 0 spiro atoms. The van der Waals surface area contributed by atoms with Crippen molar-refractivity contribution in [1.82, 2.24) is 10.6 Å². The molecule has 0 fully saturated rings. The highest BCUT2D eigenvalue weighted by atomic mass is 35.5. The second-order valence-corrected chi connectivity index (χ2v) is 9.07. The zero-order valence-electron chi connectivity index (χ0n) is 20.4. The maximum Gasteiger partial charge on any atom is 0.258 e. The van der Waals surface area contributed by atoms with E-state index in [1.165, 1.54) is 17.7 Å². The molecular weight excluding hydrogens is 502 g/mol. The third kappa shape index (κ3) is 8.31. The smallest absolute Gasteiger partial charge is 0.258 e. The van der Waals surface area contributed by atoms with E-state index in [4.69, 9.17) is 27.8 Å². The number of carbonyl (C=O) groups is 1. The third-order valence-corrected chi connectivity index (χ3v) is 6.20. The molecule has 37 heavy (non-hydrogen) atoms. The first-order valence-electron chi connectivity index (χ1n) is 11.8. The summed E-state index contributed by atoms with van der Waals surface area (Å²) in [7, 11) is 0. The lowest BCUT2D eigenvalue weighted by Crippen LogP contribution is -2.49. The van der Waals surface area contributed by atoms with Crippen LogP contribution < -0.4 is 26.8 Å². The predicted octanol–water partition coefficient (Wildman–Crippen LogP) is 3.60. The summed E-state index contributed by atoms with van der Waals surface area (Å²) >= 11 is 6.12. The molecule has 3 aromatic carbocycles. The van der Waals surface area contributed by atoms with Crippen molar-refractivity contribution >= 4 is 28.9 Å². The standard InChI is InChI=1S/C27H31ClF2N4O3/c1-2-16-4-3-5-17(8-16)13-33-14-23(35)22(11-18-9-19(29)12-20(30)10-18)34-25(36)15-37-24-7-6-21(31)27(32)26(24)28/h3-10,12,22-23,33,35H,2,11,13-15,31-32H2,1H3,(H,34,36)/t22-,23+/m1/s1. The van der Waals surface area contributed by atoms with Crippen molar-refractivity contribution in [2.24, 2.45) is 0 Å². The lowest BCUT2D eigenvalue weighted by molar-refractivity contribution is -0.124. The van der Waals surface area contributed by atoms with E-state index in [9.17, 15) is 18.7 Å². The molecule has 10 heteroatoms. The molecule has 0 bridgehead atoms. The maximum absolute atomic E-state index is 13.7. The first-order valence-corrected chi connectivity index (χ1v) is 12.2. The van der Waals surface area contributed by atoms with Crippen molar-refractivity contribution in [1.29, 1.82) is 0 Å². The molecule has 0 saturated carbocycles. The van der Waals surface area contributed by atoms with Gasteiger partial charge in [-0.3, -0.25) is 4.79 Å². The van der Waals surface area contributed by atoms with Crippen molar-refractivity contribution in [3.05, 3.63) is 87.9 Å². The second kappa shape index (κ2) is 13.2. The fourth-order valence-corrected chi connectivity index (χ4v) is 4.05. The summed E-state index contributed by atoms with van der Waals surface area (Å²) in [5.41, 5.74) is 14.4. The van der Waals surface area contributed by atoms with Crippen LogP contribution in [0.2, 0.25) is 5.02 Å². The van der Waals surface area contributed by atoms with E-state index in [0.717, 1.165) is 30.2 Å². The number of aliphatic hydroxyl groups is 1. The molecule has 2 atom stereocenters. The molecule has 7 nitrogen and oxygen atoms in total. The molecule has 0 aliphatic rings. The van der Waals surface area contributed by atoms with Crippen LogP contribution in [-0.2, 0) is 24.2 Å². The number of hydrogen-bond donors (Lipinski definition) is 5. The monoisotopic (exact) mass is 532 g/mol. The Labute approximate surface area is 219 Å². The molecular formula is C27H31ClF2N4O3. The van der Waals surface area contributed by atoms with Crippen LogP contribution in [0.25, 0.3) is 0 Å². The van der Waals surface area contributed by atoms with Gasteiger partial charge in [0.05, 0.1) is 23.5 Å². The maximum atomic E-state index is 13.7. The predicted molar refractivity (Wildman–Crippen MR) is 141 cm³/mol. The van der Waals surface area contributed by atoms with Gasteiger partial charge in [-0.2, -0.15) is 0 Å². The first-order chi connectivity index (χ1) is 17.7. The quantitative estimate of drug-likeness (QED) is 0.227. The Morgan fingerprint density at radius 3 is 2.46 bits per heavy atom. The van der Waals surface area contributed by atoms with E-state index >= 15 is 0 Å². The Hall–Kier alpha value is -3.40. The van der Waals surface area contributed by atoms with Crippen LogP contribution in [0.1, 0.15) is 23.6 Å². The summed E-state index contributed by atoms with van der Waals surface area (Å²) < 4.78 is 33.0. The summed E-state index contributed by atoms with van der Waals surface area (Å²) in [6, 6.07) is 13.2. The van der Waals surface area contributed by atoms with Gasteiger partial charge >= 0.3 is 0 Å². The molecule has 3 rings (SSSR count). The van der Waals surface area contributed by atoms with E-state index in [1.54, 1.807) is 0 Å². The topological polar surface area (TPSA) is 123 Å². The second-order valence-electron chi connectivity index (χ2n) is 8.70. The lowest BCUT2D eigenvalue weighted by Gasteiger charge is -2.25. The zero-order chi connectivity index (χ0) is 26.9. The SMILES string of the molecule is CCc1cccc(CNC[C@H](O)[C@@H](Cc2cc(F)cc(F)c2)NC(=O)COc2ccc(N)c(N)c2Cl)c1. The van der Waals surface area contributed by atoms with Crippen LogP contribution in [0.3, 0.4) is 0 Å². The number of carbonyl (C=O) groups excluding carboxylic acids is 1. The molecule has 0 saturated heterocycles. The number of halogens is 3. The number of rotatable bonds is 12. The fourth-order valence-electron chi connectivity index (χ4n) is 3.82. The van der Waals surface area contributed by atoms with Gasteiger partial charge in [0, 0.05) is 19.2 Å². The summed E-state index contributed by atoms with van der Waals surface area (Å²) in [4.78, 5) is 12.7. The summed E-state index contributed by atoms with van der Waals surface area (Å²) in [6.07, 6.45) is -0.171. The van der Waals surface area contributed by atoms with Crippen molar-refractivity contribution in [3.63, 3.8) is 0 Å². The molecule has 7 N–H and O–H groups in total. The Balaban J connectivity index is 1.65. The normalized spacial score (nSPS) is 12.7. The van der Waals surface area contributed by atoms with Crippen LogP contribution in [-0.4, -0.2) is 36.3 Å². The average Bonchev–Trinajstić information content (AvgIpc) is 2.86. The van der Waals surface area contributed by atoms with Crippen molar-refractivity contribution < 1.29 is 23.4 Å². The van der Waals surface area contributed by atoms with Crippen LogP contribution >= 0.6 is 11.6 Å². The number of nitrogens with two attached hydrogens (primary N) is 2. The number of nitrogen functional groups attached to an aromatic ring is 2. The van der Waals surface area contributed by atoms with Crippen LogP contribution in [0.15, 0.2) is 54.6 Å². The van der Waals surface area contributed by atoms with Gasteiger partial charge in [0.25, 0.3) is 5.91 Å².